The molecule has 1 aliphatic carbocycles. The van der Waals surface area contributed by atoms with Gasteiger partial charge in [-0.25, -0.2) is 0 Å². The quantitative estimate of drug-likeness (QED) is 0.656. The molecule has 30 heavy (non-hydrogen) atoms. The third kappa shape index (κ3) is 3.86. The predicted molar refractivity (Wildman–Crippen MR) is 119 cm³/mol. The van der Waals surface area contributed by atoms with E-state index in [9.17, 15) is 4.79 Å². The van der Waals surface area contributed by atoms with Gasteiger partial charge in [-0.05, 0) is 60.9 Å². The van der Waals surface area contributed by atoms with E-state index in [4.69, 9.17) is 0 Å². The largest absolute Gasteiger partial charge is 0.352 e. The van der Waals surface area contributed by atoms with Crippen molar-refractivity contribution in [2.75, 3.05) is 0 Å². The normalized spacial score (nSPS) is 21.0. The number of nitrogens with one attached hydrogen (secondary N) is 2. The van der Waals surface area contributed by atoms with Gasteiger partial charge in [0.2, 0.25) is 5.91 Å². The first-order chi connectivity index (χ1) is 14.6. The topological polar surface area (TPSA) is 59.0 Å². The maximum atomic E-state index is 13.0. The van der Waals surface area contributed by atoms with Crippen molar-refractivity contribution >= 4 is 16.8 Å². The summed E-state index contributed by atoms with van der Waals surface area (Å²) < 4.78 is 2.30. The third-order valence-corrected chi connectivity index (χ3v) is 6.22. The van der Waals surface area contributed by atoms with Crippen LogP contribution in [0.1, 0.15) is 56.0 Å². The molecule has 0 spiro atoms. The first-order valence-corrected chi connectivity index (χ1v) is 11.2. The Labute approximate surface area is 177 Å². The molecule has 5 heteroatoms. The van der Waals surface area contributed by atoms with Gasteiger partial charge >= 0.3 is 0 Å². The van der Waals surface area contributed by atoms with Gasteiger partial charge in [0, 0.05) is 35.4 Å². The Morgan fingerprint density at radius 2 is 2.10 bits per heavy atom. The van der Waals surface area contributed by atoms with Gasteiger partial charge in [0.15, 0.2) is 0 Å². The fourth-order valence-corrected chi connectivity index (χ4v) is 4.69. The lowest BCUT2D eigenvalue weighted by atomic mass is 9.94. The fourth-order valence-electron chi connectivity index (χ4n) is 4.69. The van der Waals surface area contributed by atoms with Crippen LogP contribution in [0.15, 0.2) is 48.8 Å². The number of nitrogens with zero attached hydrogens (tertiary/aromatic N) is 2. The minimum Gasteiger partial charge on any atom is -0.352 e. The summed E-state index contributed by atoms with van der Waals surface area (Å²) in [5.41, 5.74) is 4.85. The third-order valence-electron chi connectivity index (χ3n) is 6.22. The molecule has 1 aromatic carbocycles. The number of pyridine rings is 1. The second-order valence-electron chi connectivity index (χ2n) is 9.23. The smallest absolute Gasteiger partial charge is 0.237 e. The number of hydrogen-bond acceptors (Lipinski definition) is 3. The predicted octanol–water partition coefficient (Wildman–Crippen LogP) is 3.96. The first-order valence-electron chi connectivity index (χ1n) is 11.2. The monoisotopic (exact) mass is 402 g/mol. The average Bonchev–Trinajstić information content (AvgIpc) is 3.50. The molecule has 1 aliphatic heterocycles. The van der Waals surface area contributed by atoms with E-state index < -0.39 is 0 Å². The molecule has 1 saturated carbocycles. The standard InChI is InChI=1S/C25H30N4O/c1-16(2)12-21-20-7-5-8-23-24(20)17(13-22(28-21)25(30)27-18-9-10-18)14-29(23)15-19-6-3-4-11-26-19/h3-8,11,14,16,18,21-22,28H,9-10,12-13,15H2,1-2H3,(H,27,30)/t21-,22-/m0/s1. The molecule has 5 nitrogen and oxygen atoms in total. The number of amides is 1. The highest BCUT2D eigenvalue weighted by atomic mass is 16.2. The number of carbonyl (C=O) groups excluding carboxylic acids is 1. The van der Waals surface area contributed by atoms with Gasteiger partial charge in [-0.15, -0.1) is 0 Å². The molecule has 2 atom stereocenters. The molecule has 2 aliphatic rings. The number of rotatable bonds is 6. The molecule has 2 aromatic heterocycles. The van der Waals surface area contributed by atoms with E-state index in [2.05, 4.69) is 64.5 Å². The van der Waals surface area contributed by atoms with Gasteiger partial charge in [0.1, 0.15) is 0 Å². The molecule has 2 N–H and O–H groups in total. The Morgan fingerprint density at radius 3 is 2.83 bits per heavy atom. The van der Waals surface area contributed by atoms with Crippen LogP contribution in [0.5, 0.6) is 0 Å². The van der Waals surface area contributed by atoms with Gasteiger partial charge in [-0.3, -0.25) is 15.1 Å². The molecular formula is C25H30N4O. The van der Waals surface area contributed by atoms with Crippen LogP contribution in [-0.4, -0.2) is 27.5 Å². The maximum Gasteiger partial charge on any atom is 0.237 e. The van der Waals surface area contributed by atoms with Crippen LogP contribution in [0.2, 0.25) is 0 Å². The Kier molecular flexibility index (Phi) is 5.07. The summed E-state index contributed by atoms with van der Waals surface area (Å²) in [6.45, 7) is 5.24. The van der Waals surface area contributed by atoms with Crippen LogP contribution in [0, 0.1) is 5.92 Å². The van der Waals surface area contributed by atoms with Gasteiger partial charge in [-0.2, -0.15) is 0 Å². The second kappa shape index (κ2) is 7.88. The van der Waals surface area contributed by atoms with E-state index in [0.717, 1.165) is 37.9 Å². The van der Waals surface area contributed by atoms with Crippen molar-refractivity contribution in [1.82, 2.24) is 20.2 Å². The lowest BCUT2D eigenvalue weighted by molar-refractivity contribution is -0.123. The van der Waals surface area contributed by atoms with E-state index in [0.29, 0.717) is 12.0 Å². The second-order valence-corrected chi connectivity index (χ2v) is 9.23. The molecule has 0 bridgehead atoms. The molecule has 0 unspecified atom stereocenters. The van der Waals surface area contributed by atoms with Crippen molar-refractivity contribution in [3.05, 3.63) is 65.6 Å². The van der Waals surface area contributed by atoms with Crippen molar-refractivity contribution in [2.45, 2.75) is 64.2 Å². The molecule has 0 saturated heterocycles. The van der Waals surface area contributed by atoms with Crippen LogP contribution in [0.4, 0.5) is 0 Å². The molecule has 156 valence electrons. The highest BCUT2D eigenvalue weighted by Crippen LogP contribution is 2.36. The average molecular weight is 403 g/mol. The fraction of sp³-hybridized carbons (Fsp3) is 0.440. The number of benzene rings is 1. The summed E-state index contributed by atoms with van der Waals surface area (Å²) in [6.07, 6.45) is 8.03. The van der Waals surface area contributed by atoms with Crippen LogP contribution in [0.25, 0.3) is 10.9 Å². The molecule has 0 radical (unpaired) electrons. The Morgan fingerprint density at radius 1 is 1.23 bits per heavy atom. The zero-order valence-corrected chi connectivity index (χ0v) is 17.8. The lowest BCUT2D eigenvalue weighted by Crippen LogP contribution is -2.47. The molecule has 3 aromatic rings. The summed E-state index contributed by atoms with van der Waals surface area (Å²) in [4.78, 5) is 17.5. The van der Waals surface area contributed by atoms with Crippen molar-refractivity contribution < 1.29 is 4.79 Å². The summed E-state index contributed by atoms with van der Waals surface area (Å²) in [7, 11) is 0. The van der Waals surface area contributed by atoms with Gasteiger partial charge in [0.05, 0.1) is 18.3 Å². The SMILES string of the molecule is CC(C)C[C@@H]1N[C@H](C(=O)NC2CC2)Cc2cn(Cc3ccccn3)c3cccc1c23. The van der Waals surface area contributed by atoms with Crippen LogP contribution in [0.3, 0.4) is 0 Å². The molecule has 3 heterocycles. The van der Waals surface area contributed by atoms with Crippen molar-refractivity contribution in [3.63, 3.8) is 0 Å². The van der Waals surface area contributed by atoms with Crippen molar-refractivity contribution in [1.29, 1.82) is 0 Å². The van der Waals surface area contributed by atoms with Crippen LogP contribution in [-0.2, 0) is 17.8 Å². The lowest BCUT2D eigenvalue weighted by Gasteiger charge is -2.25. The highest BCUT2D eigenvalue weighted by Gasteiger charge is 2.33. The van der Waals surface area contributed by atoms with E-state index in [1.807, 2.05) is 18.3 Å². The Balaban J connectivity index is 1.56. The first kappa shape index (κ1) is 19.3. The minimum absolute atomic E-state index is 0.143. The van der Waals surface area contributed by atoms with E-state index in [1.165, 1.54) is 22.0 Å². The maximum absolute atomic E-state index is 13.0. The van der Waals surface area contributed by atoms with E-state index >= 15 is 0 Å². The zero-order chi connectivity index (χ0) is 20.7. The number of aromatic nitrogens is 2. The molecular weight excluding hydrogens is 372 g/mol. The summed E-state index contributed by atoms with van der Waals surface area (Å²) >= 11 is 0. The zero-order valence-electron chi connectivity index (χ0n) is 17.8. The number of hydrogen-bond donors (Lipinski definition) is 2. The highest BCUT2D eigenvalue weighted by molar-refractivity contribution is 5.90. The van der Waals surface area contributed by atoms with E-state index in [1.54, 1.807) is 0 Å². The summed E-state index contributed by atoms with van der Waals surface area (Å²) in [5, 5.41) is 8.23. The van der Waals surface area contributed by atoms with Crippen molar-refractivity contribution in [3.8, 4) is 0 Å². The summed E-state index contributed by atoms with van der Waals surface area (Å²) in [6, 6.07) is 13.0. The minimum atomic E-state index is -0.198. The van der Waals surface area contributed by atoms with Gasteiger partial charge in [-0.1, -0.05) is 32.0 Å². The number of carbonyl (C=O) groups is 1. The van der Waals surface area contributed by atoms with Crippen LogP contribution >= 0.6 is 0 Å². The Hall–Kier alpha value is -2.66. The summed E-state index contributed by atoms with van der Waals surface area (Å²) in [5.74, 6) is 0.687. The molecule has 1 amide bonds. The molecule has 5 rings (SSSR count). The van der Waals surface area contributed by atoms with Gasteiger partial charge < -0.3 is 9.88 Å². The van der Waals surface area contributed by atoms with E-state index in [-0.39, 0.29) is 18.0 Å². The molecule has 1 fully saturated rings. The van der Waals surface area contributed by atoms with Gasteiger partial charge in [0.25, 0.3) is 0 Å². The van der Waals surface area contributed by atoms with Crippen molar-refractivity contribution in [2.24, 2.45) is 5.92 Å². The Bertz CT molecular complexity index is 1050. The van der Waals surface area contributed by atoms with Crippen LogP contribution < -0.4 is 10.6 Å².